The number of likely N-dealkylation sites (tertiary alicyclic amines) is 1. The van der Waals surface area contributed by atoms with E-state index < -0.39 is 44.7 Å². The standard InChI is InChI=1S/C18H29N3O9P2/c19-14(12-13-6-2-1-3-7-13)17(23)21-11-4-8-15(21)16(22)20-10-5-9-18(24,31(25,26)27)32(28,29)30/h1-3,6-7,14-15,24H,4-5,8-12,19H2,(H,20,22)(H2,25,26,27)(H2,28,29,30)/t14-,15-/m0/s1. The zero-order valence-corrected chi connectivity index (χ0v) is 19.1. The molecule has 0 bridgehead atoms. The molecule has 0 saturated carbocycles. The van der Waals surface area contributed by atoms with E-state index in [1.54, 1.807) is 0 Å². The average molecular weight is 493 g/mol. The van der Waals surface area contributed by atoms with E-state index in [0.29, 0.717) is 25.8 Å². The van der Waals surface area contributed by atoms with Gasteiger partial charge in [0.2, 0.25) is 11.8 Å². The monoisotopic (exact) mass is 493 g/mol. The Kier molecular flexibility index (Phi) is 8.77. The predicted octanol–water partition coefficient (Wildman–Crippen LogP) is -0.555. The van der Waals surface area contributed by atoms with Crippen LogP contribution in [0.15, 0.2) is 30.3 Å². The van der Waals surface area contributed by atoms with Gasteiger partial charge in [-0.05, 0) is 31.2 Å². The molecule has 12 nitrogen and oxygen atoms in total. The summed E-state index contributed by atoms with van der Waals surface area (Å²) in [6, 6.07) is 7.60. The number of carbonyl (C=O) groups excluding carboxylic acids is 2. The maximum absolute atomic E-state index is 12.8. The molecule has 14 heteroatoms. The Morgan fingerprint density at radius 3 is 2.31 bits per heavy atom. The summed E-state index contributed by atoms with van der Waals surface area (Å²) in [7, 11) is -11.1. The summed E-state index contributed by atoms with van der Waals surface area (Å²) in [4.78, 5) is 63.2. The molecule has 1 heterocycles. The highest BCUT2D eigenvalue weighted by Gasteiger charge is 2.58. The topological polar surface area (TPSA) is 211 Å². The van der Waals surface area contributed by atoms with Crippen LogP contribution in [0.25, 0.3) is 0 Å². The van der Waals surface area contributed by atoms with E-state index in [0.717, 1.165) is 5.56 Å². The summed E-state index contributed by atoms with van der Waals surface area (Å²) in [6.45, 7) is 0.144. The summed E-state index contributed by atoms with van der Waals surface area (Å²) >= 11 is 0. The first-order chi connectivity index (χ1) is 14.8. The number of hydrogen-bond donors (Lipinski definition) is 7. The van der Waals surface area contributed by atoms with E-state index >= 15 is 0 Å². The largest absolute Gasteiger partial charge is 0.369 e. The van der Waals surface area contributed by atoms with Gasteiger partial charge in [0.25, 0.3) is 5.08 Å². The molecule has 0 radical (unpaired) electrons. The van der Waals surface area contributed by atoms with E-state index in [1.165, 1.54) is 4.90 Å². The van der Waals surface area contributed by atoms with Crippen LogP contribution in [0, 0.1) is 0 Å². The summed E-state index contributed by atoms with van der Waals surface area (Å²) in [5.41, 5.74) is 6.93. The van der Waals surface area contributed by atoms with Crippen LogP contribution < -0.4 is 11.1 Å². The van der Waals surface area contributed by atoms with Gasteiger partial charge in [0.05, 0.1) is 6.04 Å². The van der Waals surface area contributed by atoms with Crippen molar-refractivity contribution in [1.29, 1.82) is 0 Å². The summed E-state index contributed by atoms with van der Waals surface area (Å²) < 4.78 is 22.7. The highest BCUT2D eigenvalue weighted by molar-refractivity contribution is 7.72. The second kappa shape index (κ2) is 10.5. The minimum Gasteiger partial charge on any atom is -0.368 e. The van der Waals surface area contributed by atoms with Crippen LogP contribution in [0.3, 0.4) is 0 Å². The molecule has 1 aliphatic heterocycles. The Hall–Kier alpha value is -1.62. The SMILES string of the molecule is N[C@@H](Cc1ccccc1)C(=O)N1CCC[C@H]1C(=O)NCCCC(O)(P(=O)(O)O)P(=O)(O)O. The van der Waals surface area contributed by atoms with E-state index in [2.05, 4.69) is 5.32 Å². The lowest BCUT2D eigenvalue weighted by molar-refractivity contribution is -0.139. The van der Waals surface area contributed by atoms with Crippen molar-refractivity contribution in [2.45, 2.75) is 49.3 Å². The molecule has 1 saturated heterocycles. The van der Waals surface area contributed by atoms with Gasteiger partial charge in [-0.25, -0.2) is 0 Å². The molecule has 1 aromatic carbocycles. The first-order valence-corrected chi connectivity index (χ1v) is 13.2. The first kappa shape index (κ1) is 26.6. The van der Waals surface area contributed by atoms with Crippen molar-refractivity contribution in [1.82, 2.24) is 10.2 Å². The zero-order chi connectivity index (χ0) is 24.2. The second-order valence-corrected chi connectivity index (χ2v) is 11.8. The Bertz CT molecular complexity index is 880. The lowest BCUT2D eigenvalue weighted by Crippen LogP contribution is -2.52. The molecule has 8 N–H and O–H groups in total. The van der Waals surface area contributed by atoms with Crippen LogP contribution in [0.4, 0.5) is 0 Å². The van der Waals surface area contributed by atoms with Gasteiger partial charge in [0.15, 0.2) is 0 Å². The molecule has 1 fully saturated rings. The fourth-order valence-electron chi connectivity index (χ4n) is 3.59. The highest BCUT2D eigenvalue weighted by Crippen LogP contribution is 2.69. The molecule has 2 rings (SSSR count). The van der Waals surface area contributed by atoms with Crippen LogP contribution in [0.5, 0.6) is 0 Å². The number of nitrogens with one attached hydrogen (secondary N) is 1. The van der Waals surface area contributed by atoms with Crippen molar-refractivity contribution in [3.63, 3.8) is 0 Å². The van der Waals surface area contributed by atoms with Gasteiger partial charge in [0, 0.05) is 19.5 Å². The maximum Gasteiger partial charge on any atom is 0.369 e. The quantitative estimate of drug-likeness (QED) is 0.163. The van der Waals surface area contributed by atoms with Gasteiger partial charge in [-0.3, -0.25) is 18.7 Å². The van der Waals surface area contributed by atoms with Crippen LogP contribution in [-0.4, -0.2) is 71.7 Å². The van der Waals surface area contributed by atoms with Gasteiger partial charge in [-0.2, -0.15) is 0 Å². The summed E-state index contributed by atoms with van der Waals surface area (Å²) in [5, 5.41) is 8.81. The predicted molar refractivity (Wildman–Crippen MR) is 114 cm³/mol. The number of nitrogens with zero attached hydrogens (tertiary/aromatic N) is 1. The smallest absolute Gasteiger partial charge is 0.368 e. The van der Waals surface area contributed by atoms with Gasteiger partial charge >= 0.3 is 15.2 Å². The van der Waals surface area contributed by atoms with E-state index in [1.807, 2.05) is 30.3 Å². The molecule has 0 aromatic heterocycles. The summed E-state index contributed by atoms with van der Waals surface area (Å²) in [6.07, 6.45) is 0.0696. The van der Waals surface area contributed by atoms with Crippen molar-refractivity contribution in [2.24, 2.45) is 5.73 Å². The Balaban J connectivity index is 1.91. The second-order valence-electron chi connectivity index (χ2n) is 7.74. The third kappa shape index (κ3) is 6.24. The molecule has 1 aromatic rings. The number of hydrogen-bond acceptors (Lipinski definition) is 6. The molecule has 32 heavy (non-hydrogen) atoms. The fraction of sp³-hybridized carbons (Fsp3) is 0.556. The minimum absolute atomic E-state index is 0.213. The Morgan fingerprint density at radius 1 is 1.16 bits per heavy atom. The summed E-state index contributed by atoms with van der Waals surface area (Å²) in [5.74, 6) is -0.887. The molecule has 0 aliphatic carbocycles. The van der Waals surface area contributed by atoms with Gasteiger partial charge in [-0.15, -0.1) is 0 Å². The number of benzene rings is 1. The molecule has 0 spiro atoms. The van der Waals surface area contributed by atoms with Crippen molar-refractivity contribution < 1.29 is 43.4 Å². The number of rotatable bonds is 10. The van der Waals surface area contributed by atoms with Crippen LogP contribution in [-0.2, 0) is 25.1 Å². The lowest BCUT2D eigenvalue weighted by Gasteiger charge is -2.29. The molecular weight excluding hydrogens is 464 g/mol. The van der Waals surface area contributed by atoms with Crippen LogP contribution in [0.2, 0.25) is 0 Å². The number of carbonyl (C=O) groups is 2. The van der Waals surface area contributed by atoms with Crippen molar-refractivity contribution in [3.05, 3.63) is 35.9 Å². The molecule has 2 atom stereocenters. The van der Waals surface area contributed by atoms with Gasteiger partial charge in [0.1, 0.15) is 6.04 Å². The maximum atomic E-state index is 12.8. The molecule has 0 unspecified atom stereocenters. The molecule has 180 valence electrons. The average Bonchev–Trinajstić information content (AvgIpc) is 3.19. The third-order valence-electron chi connectivity index (χ3n) is 5.38. The van der Waals surface area contributed by atoms with Gasteiger partial charge < -0.3 is 40.6 Å². The van der Waals surface area contributed by atoms with E-state index in [4.69, 9.17) is 25.3 Å². The van der Waals surface area contributed by atoms with Crippen molar-refractivity contribution in [3.8, 4) is 0 Å². The molecular formula is C18H29N3O9P2. The number of aliphatic hydroxyl groups is 1. The highest BCUT2D eigenvalue weighted by atomic mass is 31.2. The Morgan fingerprint density at radius 2 is 1.75 bits per heavy atom. The zero-order valence-electron chi connectivity index (χ0n) is 17.3. The third-order valence-corrected chi connectivity index (χ3v) is 9.25. The van der Waals surface area contributed by atoms with E-state index in [9.17, 15) is 23.8 Å². The van der Waals surface area contributed by atoms with Gasteiger partial charge in [-0.1, -0.05) is 30.3 Å². The fourth-order valence-corrected chi connectivity index (χ4v) is 5.84. The van der Waals surface area contributed by atoms with Crippen LogP contribution in [0.1, 0.15) is 31.2 Å². The number of nitrogens with two attached hydrogens (primary N) is 1. The molecule has 2 amide bonds. The van der Waals surface area contributed by atoms with E-state index in [-0.39, 0.29) is 18.9 Å². The first-order valence-electron chi connectivity index (χ1n) is 9.99. The minimum atomic E-state index is -5.54. The van der Waals surface area contributed by atoms with Crippen molar-refractivity contribution >= 4 is 27.0 Å². The lowest BCUT2D eigenvalue weighted by atomic mass is 10.1. The normalized spacial score (nSPS) is 18.4. The van der Waals surface area contributed by atoms with Crippen molar-refractivity contribution in [2.75, 3.05) is 13.1 Å². The number of amides is 2. The van der Waals surface area contributed by atoms with Crippen LogP contribution >= 0.6 is 15.2 Å². The Labute approximate surface area is 185 Å². The molecule has 1 aliphatic rings.